The summed E-state index contributed by atoms with van der Waals surface area (Å²) in [4.78, 5) is 24.7. The number of nitrogens with one attached hydrogen (secondary N) is 2. The van der Waals surface area contributed by atoms with Crippen LogP contribution in [-0.4, -0.2) is 38.0 Å². The summed E-state index contributed by atoms with van der Waals surface area (Å²) in [5.74, 6) is 0.474. The highest BCUT2D eigenvalue weighted by atomic mass is 32.2. The molecule has 2 N–H and O–H groups in total. The molecule has 1 heterocycles. The molecule has 2 aromatic rings. The van der Waals surface area contributed by atoms with Gasteiger partial charge in [0, 0.05) is 18.2 Å². The molecule has 0 bridgehead atoms. The fraction of sp³-hybridized carbons (Fsp3) is 0.545. The fourth-order valence-corrected chi connectivity index (χ4v) is 4.57. The Hall–Kier alpha value is -2.35. The van der Waals surface area contributed by atoms with Gasteiger partial charge in [-0.15, -0.1) is 10.2 Å². The second-order valence-corrected chi connectivity index (χ2v) is 9.19. The predicted molar refractivity (Wildman–Crippen MR) is 119 cm³/mol. The minimum absolute atomic E-state index is 0.166. The Bertz CT molecular complexity index is 876. The molecule has 1 aliphatic rings. The van der Waals surface area contributed by atoms with Crippen molar-refractivity contribution in [1.29, 1.82) is 0 Å². The molecule has 3 amide bonds. The van der Waals surface area contributed by atoms with Crippen molar-refractivity contribution in [3.8, 4) is 11.4 Å². The van der Waals surface area contributed by atoms with Crippen LogP contribution in [0.3, 0.4) is 0 Å². The van der Waals surface area contributed by atoms with Crippen molar-refractivity contribution in [2.45, 2.75) is 82.3 Å². The Morgan fingerprint density at radius 1 is 1.23 bits per heavy atom. The number of hydrogen-bond donors (Lipinski definition) is 2. The Balaban J connectivity index is 1.64. The molecule has 7 nitrogen and oxygen atoms in total. The van der Waals surface area contributed by atoms with Crippen LogP contribution < -0.4 is 10.6 Å². The van der Waals surface area contributed by atoms with E-state index in [1.807, 2.05) is 29.7 Å². The third kappa shape index (κ3) is 5.84. The molecule has 0 aliphatic heterocycles. The summed E-state index contributed by atoms with van der Waals surface area (Å²) in [5, 5.41) is 14.3. The summed E-state index contributed by atoms with van der Waals surface area (Å²) >= 11 is 1.32. The zero-order chi connectivity index (χ0) is 21.5. The van der Waals surface area contributed by atoms with Gasteiger partial charge in [-0.25, -0.2) is 4.79 Å². The number of nitrogens with zero attached hydrogens (tertiary/aromatic N) is 3. The summed E-state index contributed by atoms with van der Waals surface area (Å²) in [6, 6.07) is 7.90. The fourth-order valence-electron chi connectivity index (χ4n) is 3.69. The van der Waals surface area contributed by atoms with E-state index >= 15 is 0 Å². The minimum atomic E-state index is -0.465. The van der Waals surface area contributed by atoms with Gasteiger partial charge < -0.3 is 9.88 Å². The topological polar surface area (TPSA) is 88.9 Å². The number of hydrogen-bond acceptors (Lipinski definition) is 5. The van der Waals surface area contributed by atoms with Crippen LogP contribution in [0.15, 0.2) is 29.4 Å². The summed E-state index contributed by atoms with van der Waals surface area (Å²) < 4.78 is 2.05. The summed E-state index contributed by atoms with van der Waals surface area (Å²) in [6.45, 7) is 6.69. The number of carbonyl (C=O) groups excluding carboxylic acids is 2. The number of benzene rings is 1. The van der Waals surface area contributed by atoms with Crippen LogP contribution in [0.25, 0.3) is 11.4 Å². The Labute approximate surface area is 182 Å². The summed E-state index contributed by atoms with van der Waals surface area (Å²) in [7, 11) is 0. The van der Waals surface area contributed by atoms with Crippen LogP contribution in [0, 0.1) is 6.92 Å². The zero-order valence-corrected chi connectivity index (χ0v) is 18.8. The second-order valence-electron chi connectivity index (χ2n) is 7.89. The molecule has 0 spiro atoms. The van der Waals surface area contributed by atoms with Crippen LogP contribution in [0.4, 0.5) is 4.79 Å². The Morgan fingerprint density at radius 3 is 2.70 bits per heavy atom. The maximum atomic E-state index is 12.5. The largest absolute Gasteiger partial charge is 0.335 e. The van der Waals surface area contributed by atoms with Gasteiger partial charge in [0.15, 0.2) is 11.0 Å². The minimum Gasteiger partial charge on any atom is -0.335 e. The molecule has 8 heteroatoms. The maximum Gasteiger partial charge on any atom is 0.321 e. The standard InChI is InChI=1S/C22H31N5O2S/c1-4-13-27-19(17-10-8-9-15(2)14-17)25-26-22(27)30-16(3)20(28)24-21(29)23-18-11-6-5-7-12-18/h8-10,14,16,18H,4-7,11-13H2,1-3H3,(H2,23,24,28,29)/t16-/m0/s1. The molecule has 0 saturated heterocycles. The van der Waals surface area contributed by atoms with Crippen molar-refractivity contribution in [2.75, 3.05) is 0 Å². The van der Waals surface area contributed by atoms with Crippen LogP contribution in [0.2, 0.25) is 0 Å². The lowest BCUT2D eigenvalue weighted by atomic mass is 9.96. The number of rotatable bonds is 7. The third-order valence-electron chi connectivity index (χ3n) is 5.27. The number of amides is 3. The van der Waals surface area contributed by atoms with E-state index < -0.39 is 11.3 Å². The number of urea groups is 1. The highest BCUT2D eigenvalue weighted by Crippen LogP contribution is 2.27. The van der Waals surface area contributed by atoms with Crippen LogP contribution >= 0.6 is 11.8 Å². The predicted octanol–water partition coefficient (Wildman–Crippen LogP) is 4.30. The number of aryl methyl sites for hydroxylation is 1. The van der Waals surface area contributed by atoms with Crippen molar-refractivity contribution < 1.29 is 9.59 Å². The average Bonchev–Trinajstić information content (AvgIpc) is 3.11. The molecule has 1 aromatic heterocycles. The van der Waals surface area contributed by atoms with Crippen molar-refractivity contribution in [2.24, 2.45) is 0 Å². The van der Waals surface area contributed by atoms with Gasteiger partial charge >= 0.3 is 6.03 Å². The molecule has 0 unspecified atom stereocenters. The third-order valence-corrected chi connectivity index (χ3v) is 6.35. The summed E-state index contributed by atoms with van der Waals surface area (Å²) in [6.07, 6.45) is 6.36. The van der Waals surface area contributed by atoms with E-state index in [1.54, 1.807) is 6.92 Å². The van der Waals surface area contributed by atoms with E-state index in [9.17, 15) is 9.59 Å². The molecule has 0 radical (unpaired) electrons. The number of aromatic nitrogens is 3. The van der Waals surface area contributed by atoms with Gasteiger partial charge in [-0.2, -0.15) is 0 Å². The van der Waals surface area contributed by atoms with E-state index in [0.29, 0.717) is 5.16 Å². The molecule has 1 aliphatic carbocycles. The molecule has 1 saturated carbocycles. The van der Waals surface area contributed by atoms with Crippen LogP contribution in [0.5, 0.6) is 0 Å². The SMILES string of the molecule is CCCn1c(S[C@@H](C)C(=O)NC(=O)NC2CCCCC2)nnc1-c1cccc(C)c1. The Kier molecular flexibility index (Phi) is 7.90. The van der Waals surface area contributed by atoms with Gasteiger partial charge in [0.1, 0.15) is 0 Å². The first-order valence-electron chi connectivity index (χ1n) is 10.8. The molecule has 162 valence electrons. The highest BCUT2D eigenvalue weighted by Gasteiger charge is 2.23. The van der Waals surface area contributed by atoms with Crippen molar-refractivity contribution >= 4 is 23.7 Å². The van der Waals surface area contributed by atoms with Crippen LogP contribution in [0.1, 0.15) is 57.9 Å². The first kappa shape index (κ1) is 22.3. The molecule has 3 rings (SSSR count). The quantitative estimate of drug-likeness (QED) is 0.641. The smallest absolute Gasteiger partial charge is 0.321 e. The van der Waals surface area contributed by atoms with Crippen molar-refractivity contribution in [3.05, 3.63) is 29.8 Å². The van der Waals surface area contributed by atoms with Crippen LogP contribution in [-0.2, 0) is 11.3 Å². The lowest BCUT2D eigenvalue weighted by molar-refractivity contribution is -0.119. The molecular weight excluding hydrogens is 398 g/mol. The van der Waals surface area contributed by atoms with Gasteiger partial charge in [0.25, 0.3) is 0 Å². The first-order valence-corrected chi connectivity index (χ1v) is 11.6. The normalized spacial score (nSPS) is 15.6. The van der Waals surface area contributed by atoms with E-state index in [1.165, 1.54) is 18.2 Å². The number of carbonyl (C=O) groups is 2. The van der Waals surface area contributed by atoms with Gasteiger partial charge in [-0.05, 0) is 39.2 Å². The van der Waals surface area contributed by atoms with E-state index in [4.69, 9.17) is 0 Å². The van der Waals surface area contributed by atoms with E-state index in [0.717, 1.165) is 55.6 Å². The number of thioether (sulfide) groups is 1. The summed E-state index contributed by atoms with van der Waals surface area (Å²) in [5.41, 5.74) is 2.16. The van der Waals surface area contributed by atoms with Gasteiger partial charge in [0.2, 0.25) is 5.91 Å². The number of imide groups is 1. The zero-order valence-electron chi connectivity index (χ0n) is 18.0. The van der Waals surface area contributed by atoms with Gasteiger partial charge in [0.05, 0.1) is 5.25 Å². The van der Waals surface area contributed by atoms with E-state index in [-0.39, 0.29) is 11.9 Å². The monoisotopic (exact) mass is 429 g/mol. The maximum absolute atomic E-state index is 12.5. The molecule has 1 atom stereocenters. The second kappa shape index (κ2) is 10.6. The van der Waals surface area contributed by atoms with E-state index in [2.05, 4.69) is 33.8 Å². The first-order chi connectivity index (χ1) is 14.5. The van der Waals surface area contributed by atoms with Crippen molar-refractivity contribution in [1.82, 2.24) is 25.4 Å². The molecule has 30 heavy (non-hydrogen) atoms. The molecular formula is C22H31N5O2S. The Morgan fingerprint density at radius 2 is 2.00 bits per heavy atom. The van der Waals surface area contributed by atoms with Gasteiger partial charge in [-0.1, -0.05) is 61.7 Å². The molecule has 1 fully saturated rings. The lowest BCUT2D eigenvalue weighted by Gasteiger charge is -2.23. The van der Waals surface area contributed by atoms with Crippen molar-refractivity contribution in [3.63, 3.8) is 0 Å². The molecule has 1 aromatic carbocycles. The highest BCUT2D eigenvalue weighted by molar-refractivity contribution is 8.00. The van der Waals surface area contributed by atoms with Gasteiger partial charge in [-0.3, -0.25) is 10.1 Å². The lowest BCUT2D eigenvalue weighted by Crippen LogP contribution is -2.47. The average molecular weight is 430 g/mol.